The standard InChI is InChI=1S/C17H19NO4/c19-9-8-15(13-6-7-13)16(20)18-14(11-22-17(18)21)10-12-4-2-1-3-5-12/h1-5,9,13-15H,6-8,10-11H2/t14-,15+/m1/s1. The Labute approximate surface area is 129 Å². The Morgan fingerprint density at radius 2 is 2.05 bits per heavy atom. The van der Waals surface area contributed by atoms with Crippen molar-refractivity contribution in [3.05, 3.63) is 35.9 Å². The number of carbonyl (C=O) groups is 3. The minimum absolute atomic E-state index is 0.186. The number of hydrogen-bond donors (Lipinski definition) is 0. The summed E-state index contributed by atoms with van der Waals surface area (Å²) in [5, 5.41) is 0. The number of imide groups is 1. The molecule has 2 atom stereocenters. The highest BCUT2D eigenvalue weighted by molar-refractivity contribution is 5.95. The first-order valence-corrected chi connectivity index (χ1v) is 7.68. The fraction of sp³-hybridized carbons (Fsp3) is 0.471. The normalized spacial score (nSPS) is 22.3. The van der Waals surface area contributed by atoms with Gasteiger partial charge in [0.25, 0.3) is 0 Å². The lowest BCUT2D eigenvalue weighted by Gasteiger charge is -2.24. The fourth-order valence-corrected chi connectivity index (χ4v) is 3.04. The Kier molecular flexibility index (Phi) is 4.22. The van der Waals surface area contributed by atoms with Gasteiger partial charge in [0.2, 0.25) is 5.91 Å². The molecule has 1 aliphatic heterocycles. The van der Waals surface area contributed by atoms with Gasteiger partial charge in [0.05, 0.1) is 6.04 Å². The van der Waals surface area contributed by atoms with Gasteiger partial charge >= 0.3 is 6.09 Å². The van der Waals surface area contributed by atoms with Crippen LogP contribution in [0.15, 0.2) is 30.3 Å². The van der Waals surface area contributed by atoms with Crippen molar-refractivity contribution in [1.82, 2.24) is 4.90 Å². The number of benzene rings is 1. The summed E-state index contributed by atoms with van der Waals surface area (Å²) in [5.41, 5.74) is 1.06. The molecule has 0 bridgehead atoms. The summed E-state index contributed by atoms with van der Waals surface area (Å²) in [5.74, 6) is -0.386. The maximum Gasteiger partial charge on any atom is 0.416 e. The van der Waals surface area contributed by atoms with Crippen molar-refractivity contribution < 1.29 is 19.1 Å². The third-order valence-corrected chi connectivity index (χ3v) is 4.37. The maximum atomic E-state index is 12.7. The van der Waals surface area contributed by atoms with Crippen LogP contribution in [0.25, 0.3) is 0 Å². The molecule has 1 aromatic rings. The number of aldehydes is 1. The molecule has 1 aliphatic carbocycles. The van der Waals surface area contributed by atoms with E-state index in [0.717, 1.165) is 24.7 Å². The quantitative estimate of drug-likeness (QED) is 0.756. The summed E-state index contributed by atoms with van der Waals surface area (Å²) in [6.45, 7) is 0.220. The number of hydrogen-bond acceptors (Lipinski definition) is 4. The van der Waals surface area contributed by atoms with E-state index in [9.17, 15) is 14.4 Å². The lowest BCUT2D eigenvalue weighted by atomic mass is 9.97. The predicted molar refractivity (Wildman–Crippen MR) is 79.0 cm³/mol. The minimum atomic E-state index is -0.581. The van der Waals surface area contributed by atoms with E-state index in [0.29, 0.717) is 6.42 Å². The zero-order valence-corrected chi connectivity index (χ0v) is 12.3. The van der Waals surface area contributed by atoms with Gasteiger partial charge in [-0.15, -0.1) is 0 Å². The average Bonchev–Trinajstić information content (AvgIpc) is 3.30. The number of cyclic esters (lactones) is 1. The monoisotopic (exact) mass is 301 g/mol. The van der Waals surface area contributed by atoms with Crippen molar-refractivity contribution in [2.24, 2.45) is 11.8 Å². The Morgan fingerprint density at radius 3 is 2.68 bits per heavy atom. The highest BCUT2D eigenvalue weighted by atomic mass is 16.6. The zero-order chi connectivity index (χ0) is 15.5. The average molecular weight is 301 g/mol. The van der Waals surface area contributed by atoms with Crippen molar-refractivity contribution in [2.75, 3.05) is 6.61 Å². The second-order valence-corrected chi connectivity index (χ2v) is 5.97. The molecule has 1 heterocycles. The van der Waals surface area contributed by atoms with Gasteiger partial charge < -0.3 is 9.53 Å². The summed E-state index contributed by atoms with van der Waals surface area (Å²) in [4.78, 5) is 36.7. The summed E-state index contributed by atoms with van der Waals surface area (Å²) >= 11 is 0. The van der Waals surface area contributed by atoms with Crippen LogP contribution in [0.4, 0.5) is 4.79 Å². The zero-order valence-electron chi connectivity index (χ0n) is 12.3. The SMILES string of the molecule is O=CC[C@H](C(=O)N1C(=O)OC[C@H]1Cc1ccccc1)C1CC1. The van der Waals surface area contributed by atoms with E-state index in [-0.39, 0.29) is 36.8 Å². The van der Waals surface area contributed by atoms with Crippen molar-refractivity contribution in [3.8, 4) is 0 Å². The summed E-state index contributed by atoms with van der Waals surface area (Å²) < 4.78 is 5.08. The molecule has 1 aromatic carbocycles. The van der Waals surface area contributed by atoms with E-state index in [1.165, 1.54) is 4.90 Å². The molecule has 1 saturated carbocycles. The van der Waals surface area contributed by atoms with E-state index in [1.54, 1.807) is 0 Å². The highest BCUT2D eigenvalue weighted by Crippen LogP contribution is 2.40. The molecule has 5 nitrogen and oxygen atoms in total. The lowest BCUT2D eigenvalue weighted by molar-refractivity contribution is -0.135. The van der Waals surface area contributed by atoms with Gasteiger partial charge in [-0.2, -0.15) is 0 Å². The molecule has 5 heteroatoms. The molecule has 1 saturated heterocycles. The summed E-state index contributed by atoms with van der Waals surface area (Å²) in [6, 6.07) is 9.44. The Balaban J connectivity index is 1.75. The van der Waals surface area contributed by atoms with Crippen LogP contribution in [0.2, 0.25) is 0 Å². The van der Waals surface area contributed by atoms with Crippen LogP contribution in [0.5, 0.6) is 0 Å². The van der Waals surface area contributed by atoms with Gasteiger partial charge in [0.15, 0.2) is 0 Å². The molecular weight excluding hydrogens is 282 g/mol. The number of carbonyl (C=O) groups excluding carboxylic acids is 3. The first-order chi connectivity index (χ1) is 10.7. The largest absolute Gasteiger partial charge is 0.447 e. The molecule has 22 heavy (non-hydrogen) atoms. The van der Waals surface area contributed by atoms with E-state index < -0.39 is 6.09 Å². The third-order valence-electron chi connectivity index (χ3n) is 4.37. The van der Waals surface area contributed by atoms with Crippen LogP contribution in [0.1, 0.15) is 24.8 Å². The smallest absolute Gasteiger partial charge is 0.416 e. The minimum Gasteiger partial charge on any atom is -0.447 e. The second kappa shape index (κ2) is 6.30. The first kappa shape index (κ1) is 14.8. The van der Waals surface area contributed by atoms with Crippen molar-refractivity contribution >= 4 is 18.3 Å². The molecular formula is C17H19NO4. The molecule has 0 unspecified atom stereocenters. The van der Waals surface area contributed by atoms with Crippen LogP contribution in [-0.2, 0) is 20.7 Å². The van der Waals surface area contributed by atoms with E-state index >= 15 is 0 Å². The molecule has 0 aromatic heterocycles. The molecule has 2 aliphatic rings. The van der Waals surface area contributed by atoms with Gasteiger partial charge in [0, 0.05) is 12.3 Å². The van der Waals surface area contributed by atoms with Crippen LogP contribution in [0, 0.1) is 11.8 Å². The molecule has 0 radical (unpaired) electrons. The number of ether oxygens (including phenoxy) is 1. The van der Waals surface area contributed by atoms with E-state index in [4.69, 9.17) is 4.74 Å². The van der Waals surface area contributed by atoms with Crippen molar-refractivity contribution in [2.45, 2.75) is 31.7 Å². The predicted octanol–water partition coefficient (Wildman–Crippen LogP) is 2.19. The molecule has 0 N–H and O–H groups in total. The Hall–Kier alpha value is -2.17. The highest BCUT2D eigenvalue weighted by Gasteiger charge is 2.45. The molecule has 2 amide bonds. The molecule has 3 rings (SSSR count). The Bertz CT molecular complexity index is 567. The molecule has 116 valence electrons. The van der Waals surface area contributed by atoms with Crippen LogP contribution in [-0.4, -0.2) is 35.8 Å². The number of rotatable bonds is 6. The van der Waals surface area contributed by atoms with Crippen molar-refractivity contribution in [1.29, 1.82) is 0 Å². The summed E-state index contributed by atoms with van der Waals surface area (Å²) in [6.07, 6.45) is 2.87. The first-order valence-electron chi connectivity index (χ1n) is 7.68. The lowest BCUT2D eigenvalue weighted by Crippen LogP contribution is -2.44. The van der Waals surface area contributed by atoms with Crippen molar-refractivity contribution in [3.63, 3.8) is 0 Å². The van der Waals surface area contributed by atoms with Gasteiger partial charge in [-0.3, -0.25) is 4.79 Å². The number of amides is 2. The van der Waals surface area contributed by atoms with Crippen LogP contribution in [0.3, 0.4) is 0 Å². The van der Waals surface area contributed by atoms with Gasteiger partial charge in [-0.05, 0) is 30.7 Å². The summed E-state index contributed by atoms with van der Waals surface area (Å²) in [7, 11) is 0. The number of nitrogens with zero attached hydrogens (tertiary/aromatic N) is 1. The van der Waals surface area contributed by atoms with Gasteiger partial charge in [-0.25, -0.2) is 9.69 Å². The molecule has 2 fully saturated rings. The fourth-order valence-electron chi connectivity index (χ4n) is 3.04. The van der Waals surface area contributed by atoms with Gasteiger partial charge in [0.1, 0.15) is 12.9 Å². The third kappa shape index (κ3) is 3.03. The van der Waals surface area contributed by atoms with E-state index in [2.05, 4.69) is 0 Å². The second-order valence-electron chi connectivity index (χ2n) is 5.97. The molecule has 0 spiro atoms. The topological polar surface area (TPSA) is 63.7 Å². The van der Waals surface area contributed by atoms with E-state index in [1.807, 2.05) is 30.3 Å². The maximum absolute atomic E-state index is 12.7. The van der Waals surface area contributed by atoms with Crippen LogP contribution >= 0.6 is 0 Å². The Morgan fingerprint density at radius 1 is 1.32 bits per heavy atom. The van der Waals surface area contributed by atoms with Gasteiger partial charge in [-0.1, -0.05) is 30.3 Å². The van der Waals surface area contributed by atoms with Crippen LogP contribution < -0.4 is 0 Å².